The fraction of sp³-hybridized carbons (Fsp3) is 0.556. The molecule has 6 amide bonds. The molecule has 19 nitrogen and oxygen atoms in total. The molecule has 1 saturated heterocycles. The summed E-state index contributed by atoms with van der Waals surface area (Å²) < 4.78 is 5.10. The number of amides is 6. The number of carboxylic acid groups (broad SMARTS) is 1. The van der Waals surface area contributed by atoms with Crippen molar-refractivity contribution in [3.63, 3.8) is 0 Å². The first-order valence-electron chi connectivity index (χ1n) is 18.4. The van der Waals surface area contributed by atoms with Gasteiger partial charge in [0.25, 0.3) is 0 Å². The van der Waals surface area contributed by atoms with E-state index in [0.717, 1.165) is 0 Å². The fourth-order valence-electron chi connectivity index (χ4n) is 5.74. The number of aromatic hydroxyl groups is 1. The number of carboxylic acids is 1. The molecule has 1 aromatic carbocycles. The van der Waals surface area contributed by atoms with Gasteiger partial charge in [-0.25, -0.2) is 4.79 Å². The number of hydrogen-bond acceptors (Lipinski definition) is 14. The largest absolute Gasteiger partial charge is 0.508 e. The highest BCUT2D eigenvalue weighted by atomic mass is 32.1. The molecule has 0 aromatic heterocycles. The summed E-state index contributed by atoms with van der Waals surface area (Å²) >= 11 is 8.41. The Balaban J connectivity index is 2.06. The molecular formula is C36H54N8O11S2. The molecule has 0 bridgehead atoms. The number of carbonyl (C=O) groups is 8. The Morgan fingerprint density at radius 3 is 2.16 bits per heavy atom. The molecule has 21 heteroatoms. The molecule has 57 heavy (non-hydrogen) atoms. The first-order valence-corrected chi connectivity index (χ1v) is 19.6. The lowest BCUT2D eigenvalue weighted by Crippen LogP contribution is -2.59. The molecule has 1 fully saturated rings. The van der Waals surface area contributed by atoms with Crippen LogP contribution in [0.15, 0.2) is 36.9 Å². The van der Waals surface area contributed by atoms with Crippen LogP contribution in [0.1, 0.15) is 50.5 Å². The maximum absolute atomic E-state index is 13.7. The number of likely N-dealkylation sites (tertiary alicyclic amines) is 1. The Morgan fingerprint density at radius 1 is 0.895 bits per heavy atom. The Morgan fingerprint density at radius 2 is 1.54 bits per heavy atom. The SMILES string of the molecule is C=CCOC(=O)[C@H](CCCCN)NC(=O)[C@H](CS)NC(=O)[C@@H]1CCCN1C(=O)[C@H](CS)NC(=O)[C@H](CCC(=O)O)NC(=O)CNC(=O)[C@@H](N)Cc1ccc(O)cc1. The van der Waals surface area contributed by atoms with Gasteiger partial charge in [0.05, 0.1) is 12.6 Å². The molecular weight excluding hydrogens is 785 g/mol. The Bertz CT molecular complexity index is 1570. The van der Waals surface area contributed by atoms with E-state index in [2.05, 4.69) is 58.4 Å². The van der Waals surface area contributed by atoms with E-state index >= 15 is 0 Å². The Labute approximate surface area is 341 Å². The van der Waals surface area contributed by atoms with Gasteiger partial charge < -0.3 is 57.9 Å². The van der Waals surface area contributed by atoms with Crippen LogP contribution in [0.2, 0.25) is 0 Å². The standard InChI is InChI=1S/C36H54N8O11S2/c1-2-16-55-36(54)25(6-3-4-14-37)41-33(51)26(19-56)42-34(52)28-7-5-15-44(28)35(53)27(20-57)43-32(50)24(12-13-30(47)48)40-29(46)18-39-31(49)23(38)17-21-8-10-22(45)11-9-21/h2,8-11,23-28,45,56-57H,1,3-7,12-20,37-38H2,(H,39,49)(H,40,46)(H,41,51)(H,42,52)(H,43,50)(H,47,48)/t23-,24-,25-,26-,27-,28-/m0/s1. The van der Waals surface area contributed by atoms with E-state index in [1.54, 1.807) is 12.1 Å². The smallest absolute Gasteiger partial charge is 0.328 e. The van der Waals surface area contributed by atoms with Gasteiger partial charge in [-0.3, -0.25) is 33.6 Å². The number of benzene rings is 1. The molecule has 6 atom stereocenters. The van der Waals surface area contributed by atoms with Crippen LogP contribution in [0.4, 0.5) is 0 Å². The third-order valence-corrected chi connectivity index (χ3v) is 9.52. The average molecular weight is 839 g/mol. The molecule has 0 aliphatic carbocycles. The highest BCUT2D eigenvalue weighted by molar-refractivity contribution is 7.80. The highest BCUT2D eigenvalue weighted by Gasteiger charge is 2.39. The van der Waals surface area contributed by atoms with Crippen molar-refractivity contribution in [1.82, 2.24) is 31.5 Å². The molecule has 0 spiro atoms. The fourth-order valence-corrected chi connectivity index (χ4v) is 6.24. The third-order valence-electron chi connectivity index (χ3n) is 8.79. The maximum Gasteiger partial charge on any atom is 0.328 e. The first kappa shape index (κ1) is 48.3. The lowest BCUT2D eigenvalue weighted by atomic mass is 10.1. The minimum Gasteiger partial charge on any atom is -0.508 e. The summed E-state index contributed by atoms with van der Waals surface area (Å²) in [5.74, 6) is -6.78. The number of nitrogens with two attached hydrogens (primary N) is 2. The molecule has 1 aliphatic rings. The summed E-state index contributed by atoms with van der Waals surface area (Å²) in [6.07, 6.45) is 2.59. The second-order valence-electron chi connectivity index (χ2n) is 13.2. The lowest BCUT2D eigenvalue weighted by Gasteiger charge is -2.30. The molecule has 316 valence electrons. The van der Waals surface area contributed by atoms with Crippen molar-refractivity contribution < 1.29 is 53.3 Å². The van der Waals surface area contributed by atoms with Gasteiger partial charge in [0.15, 0.2) is 0 Å². The van der Waals surface area contributed by atoms with Crippen molar-refractivity contribution in [2.24, 2.45) is 11.5 Å². The number of thiol groups is 2. The monoisotopic (exact) mass is 838 g/mol. The summed E-state index contributed by atoms with van der Waals surface area (Å²) in [7, 11) is 0. The predicted molar refractivity (Wildman–Crippen MR) is 214 cm³/mol. The Kier molecular flexibility index (Phi) is 21.5. The van der Waals surface area contributed by atoms with Crippen molar-refractivity contribution >= 4 is 72.6 Å². The summed E-state index contributed by atoms with van der Waals surface area (Å²) in [6, 6.07) is -1.02. The van der Waals surface area contributed by atoms with Crippen LogP contribution < -0.4 is 38.1 Å². The van der Waals surface area contributed by atoms with Crippen LogP contribution in [-0.4, -0.2) is 136 Å². The van der Waals surface area contributed by atoms with Crippen LogP contribution >= 0.6 is 25.3 Å². The van der Waals surface area contributed by atoms with Crippen molar-refractivity contribution in [1.29, 1.82) is 0 Å². The van der Waals surface area contributed by atoms with Gasteiger partial charge in [0.1, 0.15) is 42.6 Å². The van der Waals surface area contributed by atoms with Crippen LogP contribution in [0.5, 0.6) is 5.75 Å². The summed E-state index contributed by atoms with van der Waals surface area (Å²) in [5, 5.41) is 31.1. The number of nitrogens with zero attached hydrogens (tertiary/aromatic N) is 1. The number of unbranched alkanes of at least 4 members (excludes halogenated alkanes) is 1. The van der Waals surface area contributed by atoms with E-state index in [1.165, 1.54) is 23.1 Å². The van der Waals surface area contributed by atoms with Gasteiger partial charge in [-0.15, -0.1) is 0 Å². The molecule has 0 saturated carbocycles. The van der Waals surface area contributed by atoms with Crippen molar-refractivity contribution in [3.8, 4) is 5.75 Å². The van der Waals surface area contributed by atoms with Crippen LogP contribution in [0, 0.1) is 0 Å². The van der Waals surface area contributed by atoms with Crippen molar-refractivity contribution in [2.75, 3.05) is 37.7 Å². The first-order chi connectivity index (χ1) is 27.1. The molecule has 1 aliphatic heterocycles. The van der Waals surface area contributed by atoms with Gasteiger partial charge >= 0.3 is 11.9 Å². The number of phenols is 1. The summed E-state index contributed by atoms with van der Waals surface area (Å²) in [4.78, 5) is 104. The summed E-state index contributed by atoms with van der Waals surface area (Å²) in [5.41, 5.74) is 12.2. The molecule has 1 heterocycles. The zero-order valence-electron chi connectivity index (χ0n) is 31.5. The molecule has 0 unspecified atom stereocenters. The maximum atomic E-state index is 13.7. The van der Waals surface area contributed by atoms with Gasteiger partial charge in [0.2, 0.25) is 35.4 Å². The Hall–Kier alpha value is -4.86. The zero-order valence-corrected chi connectivity index (χ0v) is 33.3. The second-order valence-corrected chi connectivity index (χ2v) is 13.9. The minimum atomic E-state index is -1.44. The van der Waals surface area contributed by atoms with Crippen LogP contribution in [0.3, 0.4) is 0 Å². The number of hydrogen-bond donors (Lipinski definition) is 11. The molecule has 1 aromatic rings. The number of nitrogens with one attached hydrogen (secondary N) is 5. The normalized spacial score (nSPS) is 16.1. The van der Waals surface area contributed by atoms with Crippen molar-refractivity contribution in [3.05, 3.63) is 42.5 Å². The quantitative estimate of drug-likeness (QED) is 0.0218. The number of ether oxygens (including phenoxy) is 1. The van der Waals surface area contributed by atoms with Gasteiger partial charge in [0, 0.05) is 24.5 Å². The predicted octanol–water partition coefficient (Wildman–Crippen LogP) is -2.11. The van der Waals surface area contributed by atoms with E-state index in [-0.39, 0.29) is 56.1 Å². The van der Waals surface area contributed by atoms with Gasteiger partial charge in [-0.1, -0.05) is 24.8 Å². The van der Waals surface area contributed by atoms with E-state index in [0.29, 0.717) is 31.4 Å². The molecule has 2 rings (SSSR count). The number of esters is 1. The van der Waals surface area contributed by atoms with Crippen LogP contribution in [-0.2, 0) is 49.5 Å². The van der Waals surface area contributed by atoms with E-state index in [9.17, 15) is 48.6 Å². The third kappa shape index (κ3) is 16.6. The van der Waals surface area contributed by atoms with E-state index < -0.39 is 96.6 Å². The van der Waals surface area contributed by atoms with Crippen LogP contribution in [0.25, 0.3) is 0 Å². The molecule has 11 N–H and O–H groups in total. The topological polar surface area (TPSA) is 302 Å². The lowest BCUT2D eigenvalue weighted by molar-refractivity contribution is -0.147. The van der Waals surface area contributed by atoms with E-state index in [1.807, 2.05) is 0 Å². The van der Waals surface area contributed by atoms with Gasteiger partial charge in [-0.2, -0.15) is 25.3 Å². The van der Waals surface area contributed by atoms with Crippen molar-refractivity contribution in [2.45, 2.75) is 87.6 Å². The highest BCUT2D eigenvalue weighted by Crippen LogP contribution is 2.20. The average Bonchev–Trinajstić information content (AvgIpc) is 3.69. The number of phenolic OH excluding ortho intramolecular Hbond substituents is 1. The second kappa shape index (κ2) is 25.4. The number of rotatable bonds is 25. The minimum absolute atomic E-state index is 0.0376. The molecule has 0 radical (unpaired) electrons. The summed E-state index contributed by atoms with van der Waals surface area (Å²) in [6.45, 7) is 3.35. The number of carbonyl (C=O) groups excluding carboxylic acids is 7. The zero-order chi connectivity index (χ0) is 42.5. The van der Waals surface area contributed by atoms with E-state index in [4.69, 9.17) is 16.2 Å². The van der Waals surface area contributed by atoms with Gasteiger partial charge in [-0.05, 0) is 69.2 Å². The number of aliphatic carboxylic acids is 1.